The molecule has 4 unspecified atom stereocenters. The molecule has 4 atom stereocenters. The van der Waals surface area contributed by atoms with Gasteiger partial charge in [0.1, 0.15) is 0 Å². The van der Waals surface area contributed by atoms with Crippen LogP contribution in [0, 0.1) is 0 Å². The summed E-state index contributed by atoms with van der Waals surface area (Å²) in [5.74, 6) is 0. The van der Waals surface area contributed by atoms with Gasteiger partial charge in [-0.05, 0) is 0 Å². The molecular formula is C14H18Ni. The molecule has 10 rings (SSSR count). The van der Waals surface area contributed by atoms with Crippen molar-refractivity contribution in [1.29, 1.82) is 0 Å². The molecule has 0 nitrogen and oxygen atoms in total. The van der Waals surface area contributed by atoms with Crippen molar-refractivity contribution in [1.82, 2.24) is 0 Å². The van der Waals surface area contributed by atoms with E-state index in [1.807, 2.05) is 0 Å². The predicted octanol–water partition coefficient (Wildman–Crippen LogP) is 4.94. The quantitative estimate of drug-likeness (QED) is 0.604. The standard InChI is InChI=1S/C9H13.C5H5.Ni/c1-3-8-6-5-7-9(8)4-2;1-2-4-5-3-1;/h5-7H,3-4H2,1-2H3;1-5H;. The molecule has 10 saturated heterocycles. The van der Waals surface area contributed by atoms with Gasteiger partial charge in [0.15, 0.2) is 0 Å². The molecule has 0 aromatic rings. The normalized spacial score (nSPS) is 139. The van der Waals surface area contributed by atoms with Crippen molar-refractivity contribution < 1.29 is 6.23 Å². The Morgan fingerprint density at radius 2 is 1.13 bits per heavy atom. The van der Waals surface area contributed by atoms with E-state index in [1.54, 1.807) is 12.8 Å². The average Bonchev–Trinajstić information content (AvgIpc) is 3.21. The van der Waals surface area contributed by atoms with Gasteiger partial charge < -0.3 is 0 Å². The van der Waals surface area contributed by atoms with E-state index in [1.165, 1.54) is 47.9 Å². The van der Waals surface area contributed by atoms with E-state index >= 15 is 0 Å². The second kappa shape index (κ2) is 0.379. The van der Waals surface area contributed by atoms with Crippen molar-refractivity contribution in [2.75, 3.05) is 0 Å². The van der Waals surface area contributed by atoms with Crippen molar-refractivity contribution in [2.45, 2.75) is 74.6 Å². The minimum atomic E-state index is -2.53. The van der Waals surface area contributed by atoms with Crippen LogP contribution in [0.2, 0.25) is 47.9 Å². The Hall–Kier alpha value is 0.494. The first-order chi connectivity index (χ1) is 7.06. The van der Waals surface area contributed by atoms with Crippen LogP contribution < -0.4 is 0 Å². The van der Waals surface area contributed by atoms with E-state index in [2.05, 4.69) is 13.8 Å². The predicted molar refractivity (Wildman–Crippen MR) is 56.0 cm³/mol. The van der Waals surface area contributed by atoms with E-state index < -0.39 is 6.23 Å². The Morgan fingerprint density at radius 1 is 0.733 bits per heavy atom. The van der Waals surface area contributed by atoms with E-state index in [0.29, 0.717) is 0 Å². The summed E-state index contributed by atoms with van der Waals surface area (Å²) < 4.78 is 2.34. The fraction of sp³-hybridized carbons (Fsp3) is 1.00. The Labute approximate surface area is 80.9 Å². The third-order valence-corrected chi connectivity index (χ3v) is 54.7. The fourth-order valence-corrected chi connectivity index (χ4v) is 85.9. The van der Waals surface area contributed by atoms with Gasteiger partial charge in [0, 0.05) is 0 Å². The zero-order valence-electron chi connectivity index (χ0n) is 9.35. The van der Waals surface area contributed by atoms with Gasteiger partial charge in [-0.15, -0.1) is 0 Å². The topological polar surface area (TPSA) is 0 Å². The molecular weight excluding hydrogens is 227 g/mol. The molecule has 0 amide bonds. The Balaban J connectivity index is 1.90. The Morgan fingerprint density at radius 3 is 1.27 bits per heavy atom. The molecule has 10 aliphatic heterocycles. The van der Waals surface area contributed by atoms with Crippen molar-refractivity contribution in [3.05, 3.63) is 0 Å². The zero-order chi connectivity index (χ0) is 9.35. The van der Waals surface area contributed by atoms with Crippen LogP contribution in [0.1, 0.15) is 26.7 Å². The first-order valence-corrected chi connectivity index (χ1v) is 12.6. The van der Waals surface area contributed by atoms with Crippen LogP contribution >= 0.6 is 0 Å². The summed E-state index contributed by atoms with van der Waals surface area (Å²) >= 11 is 0. The summed E-state index contributed by atoms with van der Waals surface area (Å²) in [6, 6.07) is 0. The van der Waals surface area contributed by atoms with Gasteiger partial charge in [-0.3, -0.25) is 0 Å². The van der Waals surface area contributed by atoms with E-state index in [-0.39, 0.29) is 0 Å². The molecule has 0 aliphatic carbocycles. The number of hydrogen-bond acceptors (Lipinski definition) is 0. The molecule has 1 heteroatoms. The van der Waals surface area contributed by atoms with Crippen LogP contribution in [0.3, 0.4) is 0 Å². The Kier molecular flexibility index (Phi) is 0.137. The monoisotopic (exact) mass is 244 g/mol. The van der Waals surface area contributed by atoms with Crippen molar-refractivity contribution in [3.8, 4) is 0 Å². The van der Waals surface area contributed by atoms with Gasteiger partial charge in [0.05, 0.1) is 0 Å². The van der Waals surface area contributed by atoms with Crippen LogP contribution in [0.15, 0.2) is 0 Å². The zero-order valence-corrected chi connectivity index (χ0v) is 10.3. The molecule has 10 heterocycles. The molecule has 0 saturated carbocycles. The Bertz CT molecular complexity index is 844. The summed E-state index contributed by atoms with van der Waals surface area (Å²) in [7, 11) is 0. The van der Waals surface area contributed by atoms with Crippen molar-refractivity contribution >= 4 is 0 Å². The number of rotatable bonds is 2. The molecule has 0 bridgehead atoms. The van der Waals surface area contributed by atoms with Gasteiger partial charge in [0.25, 0.3) is 0 Å². The summed E-state index contributed by atoms with van der Waals surface area (Å²) in [4.78, 5) is 12.2. The van der Waals surface area contributed by atoms with Crippen molar-refractivity contribution in [3.63, 3.8) is 0 Å². The maximum atomic E-state index is 2.61. The van der Waals surface area contributed by atoms with E-state index in [4.69, 9.17) is 0 Å². The van der Waals surface area contributed by atoms with Crippen LogP contribution in [-0.4, -0.2) is 0 Å². The van der Waals surface area contributed by atoms with Gasteiger partial charge >= 0.3 is 80.8 Å². The molecule has 15 heavy (non-hydrogen) atoms. The van der Waals surface area contributed by atoms with Gasteiger partial charge in [-0.1, -0.05) is 0 Å². The van der Waals surface area contributed by atoms with Crippen LogP contribution in [-0.2, 0) is 6.23 Å². The first-order valence-electron chi connectivity index (χ1n) is 7.06. The molecule has 0 N–H and O–H groups in total. The molecule has 10 fully saturated rings. The third-order valence-electron chi connectivity index (χ3n) is 15.0. The number of hydrogen-bond donors (Lipinski definition) is 0. The number of fused-ring (bicyclic) bond motifs is 10. The maximum absolute atomic E-state index is 2.61. The second-order valence-corrected chi connectivity index (χ2v) is 30.9. The molecule has 84 valence electrons. The van der Waals surface area contributed by atoms with Gasteiger partial charge in [-0.25, -0.2) is 0 Å². The average molecular weight is 245 g/mol. The van der Waals surface area contributed by atoms with Crippen LogP contribution in [0.4, 0.5) is 0 Å². The van der Waals surface area contributed by atoms with Crippen molar-refractivity contribution in [2.24, 2.45) is 0 Å². The van der Waals surface area contributed by atoms with Gasteiger partial charge in [-0.2, -0.15) is 0 Å². The van der Waals surface area contributed by atoms with Crippen LogP contribution in [0.5, 0.6) is 0 Å². The third kappa shape index (κ3) is 0.0415. The minimum absolute atomic E-state index is 1.17. The molecule has 10 aliphatic rings. The van der Waals surface area contributed by atoms with Gasteiger partial charge in [0.2, 0.25) is 0 Å². The summed E-state index contributed by atoms with van der Waals surface area (Å²) in [5, 5.41) is 0. The van der Waals surface area contributed by atoms with E-state index in [0.717, 1.165) is 0 Å². The fourth-order valence-electron chi connectivity index (χ4n) is 17.5. The summed E-state index contributed by atoms with van der Waals surface area (Å²) in [6.45, 7) is 5.21. The first kappa shape index (κ1) is 5.42. The SMILES string of the molecule is CC[C]12[CH]3[CH]4[CH]5[C]1(CC)[Ni]43521678[CH]2[CH]1[CH]6[CH]7[CH]28. The van der Waals surface area contributed by atoms with E-state index in [9.17, 15) is 0 Å². The van der Waals surface area contributed by atoms with Crippen LogP contribution in [0.25, 0.3) is 0 Å². The second-order valence-electron chi connectivity index (χ2n) is 9.96. The molecule has 0 aromatic heterocycles. The summed E-state index contributed by atoms with van der Waals surface area (Å²) in [5.41, 5.74) is 0. The molecule has 0 radical (unpaired) electrons. The summed E-state index contributed by atoms with van der Waals surface area (Å²) in [6.07, 6.45) is 0.801. The molecule has 0 aromatic carbocycles. The molecule has 1 spiro atoms.